The second kappa shape index (κ2) is 5.05. The fourth-order valence-electron chi connectivity index (χ4n) is 1.24. The Morgan fingerprint density at radius 1 is 0.882 bits per heavy atom. The summed E-state index contributed by atoms with van der Waals surface area (Å²) >= 11 is 17.5. The van der Waals surface area contributed by atoms with E-state index < -0.39 is 0 Å². The van der Waals surface area contributed by atoms with Crippen molar-refractivity contribution in [1.29, 1.82) is 0 Å². The lowest BCUT2D eigenvalue weighted by Crippen LogP contribution is -1.85. The van der Waals surface area contributed by atoms with E-state index in [0.717, 1.165) is 0 Å². The molecule has 5 heteroatoms. The molecule has 0 bridgehead atoms. The van der Waals surface area contributed by atoms with Crippen LogP contribution in [-0.4, -0.2) is 5.11 Å². The molecular formula is C12H7Cl3O2. The number of aromatic hydroxyl groups is 1. The number of hydrogen-bond donors (Lipinski definition) is 1. The molecule has 0 saturated carbocycles. The van der Waals surface area contributed by atoms with E-state index in [1.165, 1.54) is 12.1 Å². The number of ether oxygens (including phenoxy) is 1. The van der Waals surface area contributed by atoms with Crippen molar-refractivity contribution >= 4 is 34.8 Å². The molecule has 0 atom stereocenters. The summed E-state index contributed by atoms with van der Waals surface area (Å²) in [6.45, 7) is 0. The first-order chi connectivity index (χ1) is 8.06. The van der Waals surface area contributed by atoms with E-state index >= 15 is 0 Å². The van der Waals surface area contributed by atoms with Gasteiger partial charge in [0.15, 0.2) is 0 Å². The molecule has 1 N–H and O–H groups in total. The van der Waals surface area contributed by atoms with Gasteiger partial charge in [0.1, 0.15) is 17.2 Å². The van der Waals surface area contributed by atoms with Crippen LogP contribution in [0.3, 0.4) is 0 Å². The summed E-state index contributed by atoms with van der Waals surface area (Å²) in [7, 11) is 0. The lowest BCUT2D eigenvalue weighted by molar-refractivity contribution is 0.464. The molecule has 17 heavy (non-hydrogen) atoms. The average molecular weight is 290 g/mol. The minimum atomic E-state index is 0.00113. The van der Waals surface area contributed by atoms with Crippen molar-refractivity contribution in [2.75, 3.05) is 0 Å². The summed E-state index contributed by atoms with van der Waals surface area (Å²) in [6, 6.07) is 9.45. The fourth-order valence-corrected chi connectivity index (χ4v) is 1.85. The van der Waals surface area contributed by atoms with Gasteiger partial charge in [0.2, 0.25) is 0 Å². The van der Waals surface area contributed by atoms with Gasteiger partial charge in [-0.2, -0.15) is 0 Å². The molecule has 0 aliphatic rings. The Labute approximate surface area is 113 Å². The van der Waals surface area contributed by atoms with E-state index in [2.05, 4.69) is 0 Å². The van der Waals surface area contributed by atoms with Crippen LogP contribution in [0, 0.1) is 0 Å². The predicted octanol–water partition coefficient (Wildman–Crippen LogP) is 5.14. The van der Waals surface area contributed by atoms with Crippen LogP contribution in [0.2, 0.25) is 15.1 Å². The molecule has 0 heterocycles. The van der Waals surface area contributed by atoms with Gasteiger partial charge in [-0.25, -0.2) is 0 Å². The van der Waals surface area contributed by atoms with E-state index in [-0.39, 0.29) is 10.8 Å². The molecule has 0 aliphatic carbocycles. The van der Waals surface area contributed by atoms with Gasteiger partial charge in [0.05, 0.1) is 10.0 Å². The van der Waals surface area contributed by atoms with Crippen LogP contribution >= 0.6 is 34.8 Å². The van der Waals surface area contributed by atoms with E-state index in [1.54, 1.807) is 24.3 Å². The Bertz CT molecular complexity index is 555. The van der Waals surface area contributed by atoms with E-state index in [4.69, 9.17) is 39.5 Å². The highest BCUT2D eigenvalue weighted by molar-refractivity contribution is 6.35. The monoisotopic (exact) mass is 288 g/mol. The topological polar surface area (TPSA) is 29.5 Å². The number of hydrogen-bond acceptors (Lipinski definition) is 2. The van der Waals surface area contributed by atoms with Crippen molar-refractivity contribution < 1.29 is 9.84 Å². The Morgan fingerprint density at radius 2 is 1.65 bits per heavy atom. The molecule has 2 aromatic rings. The van der Waals surface area contributed by atoms with Crippen LogP contribution in [0.4, 0.5) is 0 Å². The SMILES string of the molecule is Oc1ccc(Oc2ccc(Cl)cc2Cl)cc1Cl. The highest BCUT2D eigenvalue weighted by Gasteiger charge is 2.06. The lowest BCUT2D eigenvalue weighted by Gasteiger charge is -2.08. The van der Waals surface area contributed by atoms with Crippen molar-refractivity contribution in [3.63, 3.8) is 0 Å². The van der Waals surface area contributed by atoms with Crippen LogP contribution < -0.4 is 4.74 Å². The van der Waals surface area contributed by atoms with Crippen molar-refractivity contribution in [2.45, 2.75) is 0 Å². The number of phenols is 1. The number of benzene rings is 2. The van der Waals surface area contributed by atoms with Crippen LogP contribution in [0.5, 0.6) is 17.2 Å². The molecule has 2 rings (SSSR count). The third-order valence-electron chi connectivity index (χ3n) is 2.04. The van der Waals surface area contributed by atoms with Gasteiger partial charge >= 0.3 is 0 Å². The summed E-state index contributed by atoms with van der Waals surface area (Å²) in [6.07, 6.45) is 0. The van der Waals surface area contributed by atoms with Gasteiger partial charge < -0.3 is 9.84 Å². The Balaban J connectivity index is 2.28. The first-order valence-electron chi connectivity index (χ1n) is 4.67. The Morgan fingerprint density at radius 3 is 2.29 bits per heavy atom. The normalized spacial score (nSPS) is 10.3. The summed E-state index contributed by atoms with van der Waals surface area (Å²) in [4.78, 5) is 0. The molecule has 0 radical (unpaired) electrons. The molecule has 0 saturated heterocycles. The van der Waals surface area contributed by atoms with E-state index in [1.807, 2.05) is 0 Å². The van der Waals surface area contributed by atoms with Crippen molar-refractivity contribution in [3.8, 4) is 17.2 Å². The summed E-state index contributed by atoms with van der Waals surface area (Å²) in [5, 5.41) is 10.4. The minimum absolute atomic E-state index is 0.00113. The van der Waals surface area contributed by atoms with Crippen LogP contribution in [0.1, 0.15) is 0 Å². The molecule has 0 fully saturated rings. The first-order valence-corrected chi connectivity index (χ1v) is 5.81. The molecule has 0 spiro atoms. The highest BCUT2D eigenvalue weighted by atomic mass is 35.5. The summed E-state index contributed by atoms with van der Waals surface area (Å²) in [5.74, 6) is 0.955. The molecule has 2 aromatic carbocycles. The zero-order valence-electron chi connectivity index (χ0n) is 8.45. The molecule has 2 nitrogen and oxygen atoms in total. The Kier molecular flexibility index (Phi) is 3.67. The largest absolute Gasteiger partial charge is 0.506 e. The van der Waals surface area contributed by atoms with Crippen LogP contribution in [0.25, 0.3) is 0 Å². The smallest absolute Gasteiger partial charge is 0.146 e. The minimum Gasteiger partial charge on any atom is -0.506 e. The van der Waals surface area contributed by atoms with E-state index in [0.29, 0.717) is 21.5 Å². The molecule has 88 valence electrons. The van der Waals surface area contributed by atoms with Gasteiger partial charge in [0, 0.05) is 11.1 Å². The van der Waals surface area contributed by atoms with Gasteiger partial charge in [-0.15, -0.1) is 0 Å². The van der Waals surface area contributed by atoms with Crippen LogP contribution in [-0.2, 0) is 0 Å². The standard InChI is InChI=1S/C12H7Cl3O2/c13-7-1-4-12(10(15)5-7)17-8-2-3-11(16)9(14)6-8/h1-6,16H. The number of phenolic OH excluding ortho intramolecular Hbond substituents is 1. The van der Waals surface area contributed by atoms with Gasteiger partial charge in [-0.3, -0.25) is 0 Å². The van der Waals surface area contributed by atoms with Crippen molar-refractivity contribution in [1.82, 2.24) is 0 Å². The predicted molar refractivity (Wildman–Crippen MR) is 69.7 cm³/mol. The van der Waals surface area contributed by atoms with Crippen molar-refractivity contribution in [3.05, 3.63) is 51.5 Å². The van der Waals surface area contributed by atoms with E-state index in [9.17, 15) is 5.11 Å². The quantitative estimate of drug-likeness (QED) is 0.829. The second-order valence-electron chi connectivity index (χ2n) is 3.29. The number of rotatable bonds is 2. The highest BCUT2D eigenvalue weighted by Crippen LogP contribution is 2.34. The maximum Gasteiger partial charge on any atom is 0.146 e. The van der Waals surface area contributed by atoms with Gasteiger partial charge in [0.25, 0.3) is 0 Å². The van der Waals surface area contributed by atoms with Crippen molar-refractivity contribution in [2.24, 2.45) is 0 Å². The second-order valence-corrected chi connectivity index (χ2v) is 4.54. The summed E-state index contributed by atoms with van der Waals surface area (Å²) in [5.41, 5.74) is 0. The average Bonchev–Trinajstić information content (AvgIpc) is 2.27. The maximum atomic E-state index is 9.27. The maximum absolute atomic E-state index is 9.27. The van der Waals surface area contributed by atoms with Crippen LogP contribution in [0.15, 0.2) is 36.4 Å². The zero-order valence-corrected chi connectivity index (χ0v) is 10.7. The molecule has 0 aromatic heterocycles. The summed E-state index contributed by atoms with van der Waals surface area (Å²) < 4.78 is 5.51. The first kappa shape index (κ1) is 12.4. The fraction of sp³-hybridized carbons (Fsp3) is 0. The molecular weight excluding hydrogens is 282 g/mol. The third kappa shape index (κ3) is 2.97. The zero-order chi connectivity index (χ0) is 12.4. The molecule has 0 amide bonds. The third-order valence-corrected chi connectivity index (χ3v) is 2.87. The molecule has 0 unspecified atom stereocenters. The van der Waals surface area contributed by atoms with Gasteiger partial charge in [-0.1, -0.05) is 34.8 Å². The molecule has 0 aliphatic heterocycles. The van der Waals surface area contributed by atoms with Gasteiger partial charge in [-0.05, 0) is 30.3 Å². The number of halogens is 3. The lowest BCUT2D eigenvalue weighted by atomic mass is 10.3. The Hall–Kier alpha value is -1.09.